The van der Waals surface area contributed by atoms with Gasteiger partial charge in [0.1, 0.15) is 0 Å². The van der Waals surface area contributed by atoms with E-state index >= 15 is 0 Å². The molecule has 0 aromatic carbocycles. The fourth-order valence-corrected chi connectivity index (χ4v) is 3.30. The number of nitrogens with one attached hydrogen (secondary N) is 1. The Labute approximate surface area is 118 Å². The maximum absolute atomic E-state index is 12.0. The monoisotopic (exact) mass is 282 g/mol. The molecule has 2 rings (SSSR count). The normalized spacial score (nSPS) is 22.9. The number of thiophene rings is 1. The van der Waals surface area contributed by atoms with Gasteiger partial charge in [-0.25, -0.2) is 0 Å². The third kappa shape index (κ3) is 3.28. The van der Waals surface area contributed by atoms with Gasteiger partial charge in [-0.05, 0) is 19.4 Å². The molecular formula is C14H22N2O2S. The number of carbonyl (C=O) groups is 1. The van der Waals surface area contributed by atoms with Crippen LogP contribution in [-0.4, -0.2) is 25.0 Å². The SMILES string of the molecule is CC(C)C(=O)c1sc(NCC2CCOC2C)cc1N. The van der Waals surface area contributed by atoms with Crippen LogP contribution in [-0.2, 0) is 4.74 Å². The predicted molar refractivity (Wildman–Crippen MR) is 79.9 cm³/mol. The standard InChI is InChI=1S/C14H22N2O2S/c1-8(2)13(17)14-11(15)6-12(19-14)16-7-10-4-5-18-9(10)3/h6,8-10,16H,4-5,7,15H2,1-3H3. The van der Waals surface area contributed by atoms with E-state index in [0.717, 1.165) is 24.6 Å². The minimum absolute atomic E-state index is 0.0166. The summed E-state index contributed by atoms with van der Waals surface area (Å²) >= 11 is 1.45. The van der Waals surface area contributed by atoms with Crippen LogP contribution in [0.5, 0.6) is 0 Å². The van der Waals surface area contributed by atoms with Crippen molar-refractivity contribution >= 4 is 27.8 Å². The lowest BCUT2D eigenvalue weighted by atomic mass is 10.0. The van der Waals surface area contributed by atoms with Crippen molar-refractivity contribution in [1.82, 2.24) is 0 Å². The van der Waals surface area contributed by atoms with Gasteiger partial charge in [0.05, 0.1) is 21.7 Å². The first kappa shape index (κ1) is 14.3. The number of nitrogens with two attached hydrogens (primary N) is 1. The topological polar surface area (TPSA) is 64.3 Å². The molecule has 1 fully saturated rings. The third-order valence-corrected chi connectivity index (χ3v) is 4.70. The van der Waals surface area contributed by atoms with Crippen molar-refractivity contribution in [2.45, 2.75) is 33.3 Å². The lowest BCUT2D eigenvalue weighted by Crippen LogP contribution is -2.20. The van der Waals surface area contributed by atoms with Crippen molar-refractivity contribution < 1.29 is 9.53 Å². The second kappa shape index (κ2) is 5.92. The second-order valence-corrected chi connectivity index (χ2v) is 6.47. The molecule has 0 saturated carbocycles. The van der Waals surface area contributed by atoms with Gasteiger partial charge in [0, 0.05) is 25.0 Å². The average molecular weight is 282 g/mol. The van der Waals surface area contributed by atoms with Crippen LogP contribution in [0.1, 0.15) is 36.9 Å². The minimum atomic E-state index is -0.0166. The zero-order valence-electron chi connectivity index (χ0n) is 11.7. The number of hydrogen-bond donors (Lipinski definition) is 2. The quantitative estimate of drug-likeness (QED) is 0.815. The van der Waals surface area contributed by atoms with Crippen LogP contribution < -0.4 is 11.1 Å². The number of anilines is 2. The largest absolute Gasteiger partial charge is 0.397 e. The highest BCUT2D eigenvalue weighted by Gasteiger charge is 2.24. The third-order valence-electron chi connectivity index (χ3n) is 3.58. The van der Waals surface area contributed by atoms with Crippen LogP contribution >= 0.6 is 11.3 Å². The van der Waals surface area contributed by atoms with E-state index in [1.807, 2.05) is 19.9 Å². The van der Waals surface area contributed by atoms with Crippen LogP contribution in [0.3, 0.4) is 0 Å². The minimum Gasteiger partial charge on any atom is -0.397 e. The van der Waals surface area contributed by atoms with Gasteiger partial charge < -0.3 is 15.8 Å². The molecule has 19 heavy (non-hydrogen) atoms. The molecule has 4 nitrogen and oxygen atoms in total. The van der Waals surface area contributed by atoms with E-state index in [0.29, 0.717) is 22.6 Å². The first-order chi connectivity index (χ1) is 8.99. The molecule has 3 N–H and O–H groups in total. The highest BCUT2D eigenvalue weighted by molar-refractivity contribution is 7.18. The molecule has 2 heterocycles. The maximum atomic E-state index is 12.0. The lowest BCUT2D eigenvalue weighted by molar-refractivity contribution is 0.0944. The molecule has 0 radical (unpaired) electrons. The number of Topliss-reactive ketones (excluding diaryl/α,β-unsaturated/α-hetero) is 1. The Morgan fingerprint density at radius 2 is 2.37 bits per heavy atom. The average Bonchev–Trinajstić information content (AvgIpc) is 2.92. The molecular weight excluding hydrogens is 260 g/mol. The summed E-state index contributed by atoms with van der Waals surface area (Å²) in [6.07, 6.45) is 1.40. The molecule has 1 saturated heterocycles. The van der Waals surface area contributed by atoms with Crippen molar-refractivity contribution in [3.63, 3.8) is 0 Å². The zero-order chi connectivity index (χ0) is 14.0. The Hall–Kier alpha value is -1.07. The molecule has 2 atom stereocenters. The Kier molecular flexibility index (Phi) is 4.47. The molecule has 1 aliphatic rings. The number of ether oxygens (including phenoxy) is 1. The van der Waals surface area contributed by atoms with Crippen molar-refractivity contribution in [3.05, 3.63) is 10.9 Å². The highest BCUT2D eigenvalue weighted by Crippen LogP contribution is 2.32. The van der Waals surface area contributed by atoms with E-state index in [1.165, 1.54) is 11.3 Å². The molecule has 1 aliphatic heterocycles. The fraction of sp³-hybridized carbons (Fsp3) is 0.643. The van der Waals surface area contributed by atoms with E-state index < -0.39 is 0 Å². The number of carbonyl (C=O) groups excluding carboxylic acids is 1. The lowest BCUT2D eigenvalue weighted by Gasteiger charge is -2.14. The van der Waals surface area contributed by atoms with E-state index in [4.69, 9.17) is 10.5 Å². The summed E-state index contributed by atoms with van der Waals surface area (Å²) in [7, 11) is 0. The Morgan fingerprint density at radius 1 is 1.63 bits per heavy atom. The van der Waals surface area contributed by atoms with Crippen molar-refractivity contribution in [2.24, 2.45) is 11.8 Å². The Morgan fingerprint density at radius 3 is 2.95 bits per heavy atom. The summed E-state index contributed by atoms with van der Waals surface area (Å²) in [5.41, 5.74) is 6.50. The number of nitrogen functional groups attached to an aromatic ring is 1. The molecule has 0 amide bonds. The highest BCUT2D eigenvalue weighted by atomic mass is 32.1. The maximum Gasteiger partial charge on any atom is 0.177 e. The smallest absolute Gasteiger partial charge is 0.177 e. The Balaban J connectivity index is 1.98. The summed E-state index contributed by atoms with van der Waals surface area (Å²) < 4.78 is 5.54. The summed E-state index contributed by atoms with van der Waals surface area (Å²) in [4.78, 5) is 12.6. The van der Waals surface area contributed by atoms with E-state index in [1.54, 1.807) is 0 Å². The Bertz CT molecular complexity index is 456. The molecule has 2 unspecified atom stereocenters. The molecule has 1 aromatic heterocycles. The van der Waals surface area contributed by atoms with Crippen LogP contribution in [0.15, 0.2) is 6.07 Å². The molecule has 0 bridgehead atoms. The number of ketones is 1. The van der Waals surface area contributed by atoms with Gasteiger partial charge in [0.25, 0.3) is 0 Å². The number of hydrogen-bond acceptors (Lipinski definition) is 5. The van der Waals surface area contributed by atoms with Crippen molar-refractivity contribution in [1.29, 1.82) is 0 Å². The van der Waals surface area contributed by atoms with E-state index in [-0.39, 0.29) is 11.7 Å². The van der Waals surface area contributed by atoms with Gasteiger partial charge in [-0.2, -0.15) is 0 Å². The fourth-order valence-electron chi connectivity index (χ4n) is 2.22. The second-order valence-electron chi connectivity index (χ2n) is 5.42. The van der Waals surface area contributed by atoms with Crippen molar-refractivity contribution in [2.75, 3.05) is 24.2 Å². The van der Waals surface area contributed by atoms with E-state index in [2.05, 4.69) is 12.2 Å². The van der Waals surface area contributed by atoms with Gasteiger partial charge in [-0.3, -0.25) is 4.79 Å². The summed E-state index contributed by atoms with van der Waals surface area (Å²) in [5, 5.41) is 4.35. The first-order valence-electron chi connectivity index (χ1n) is 6.78. The molecule has 1 aromatic rings. The predicted octanol–water partition coefficient (Wildman–Crippen LogP) is 3.01. The molecule has 5 heteroatoms. The van der Waals surface area contributed by atoms with Gasteiger partial charge >= 0.3 is 0 Å². The molecule has 0 spiro atoms. The van der Waals surface area contributed by atoms with Crippen LogP contribution in [0, 0.1) is 11.8 Å². The molecule has 106 valence electrons. The van der Waals surface area contributed by atoms with Crippen LogP contribution in [0.4, 0.5) is 10.7 Å². The first-order valence-corrected chi connectivity index (χ1v) is 7.59. The summed E-state index contributed by atoms with van der Waals surface area (Å²) in [6.45, 7) is 7.61. The molecule has 0 aliphatic carbocycles. The van der Waals surface area contributed by atoms with Crippen LogP contribution in [0.25, 0.3) is 0 Å². The van der Waals surface area contributed by atoms with Crippen molar-refractivity contribution in [3.8, 4) is 0 Å². The van der Waals surface area contributed by atoms with Gasteiger partial charge in [0.15, 0.2) is 5.78 Å². The number of rotatable bonds is 5. The van der Waals surface area contributed by atoms with Gasteiger partial charge in [-0.1, -0.05) is 13.8 Å². The zero-order valence-corrected chi connectivity index (χ0v) is 12.5. The summed E-state index contributed by atoms with van der Waals surface area (Å²) in [5.74, 6) is 0.637. The summed E-state index contributed by atoms with van der Waals surface area (Å²) in [6, 6.07) is 1.86. The van der Waals surface area contributed by atoms with Gasteiger partial charge in [-0.15, -0.1) is 11.3 Å². The van der Waals surface area contributed by atoms with Crippen LogP contribution in [0.2, 0.25) is 0 Å². The van der Waals surface area contributed by atoms with E-state index in [9.17, 15) is 4.79 Å². The van der Waals surface area contributed by atoms with Gasteiger partial charge in [0.2, 0.25) is 0 Å².